The van der Waals surface area contributed by atoms with Crippen LogP contribution < -0.4 is 10.5 Å². The van der Waals surface area contributed by atoms with Gasteiger partial charge >= 0.3 is 0 Å². The van der Waals surface area contributed by atoms with Crippen molar-refractivity contribution in [2.24, 2.45) is 7.05 Å². The Morgan fingerprint density at radius 1 is 1.30 bits per heavy atom. The van der Waals surface area contributed by atoms with Gasteiger partial charge in [0, 0.05) is 14.2 Å². The van der Waals surface area contributed by atoms with Crippen molar-refractivity contribution < 1.29 is 9.47 Å². The summed E-state index contributed by atoms with van der Waals surface area (Å²) in [5.74, 6) is 1.52. The second kappa shape index (κ2) is 5.92. The van der Waals surface area contributed by atoms with Crippen LogP contribution in [0.1, 0.15) is 11.4 Å². The largest absolute Gasteiger partial charge is 0.481 e. The van der Waals surface area contributed by atoms with E-state index in [1.807, 2.05) is 6.92 Å². The number of nitrogens with two attached hydrogens (primary N) is 1. The van der Waals surface area contributed by atoms with Gasteiger partial charge in [-0.3, -0.25) is 0 Å². The fourth-order valence-electron chi connectivity index (χ4n) is 1.99. The molecule has 0 saturated heterocycles. The van der Waals surface area contributed by atoms with E-state index in [1.165, 1.54) is 0 Å². The zero-order valence-corrected chi connectivity index (χ0v) is 13.9. The van der Waals surface area contributed by atoms with Crippen LogP contribution in [0.2, 0.25) is 0 Å². The van der Waals surface area contributed by atoms with Gasteiger partial charge in [-0.05, 0) is 29.5 Å². The van der Waals surface area contributed by atoms with Crippen molar-refractivity contribution in [1.82, 2.24) is 19.7 Å². The molecule has 0 aliphatic rings. The SMILES string of the molecule is COCc1nc(-c2c(C)nn(C)c2OC)nc(N)c1I. The molecule has 2 N–H and O–H groups in total. The minimum absolute atomic E-state index is 0.375. The number of rotatable bonds is 4. The van der Waals surface area contributed by atoms with E-state index in [4.69, 9.17) is 15.2 Å². The first-order valence-corrected chi connectivity index (χ1v) is 6.96. The highest BCUT2D eigenvalue weighted by Gasteiger charge is 2.20. The molecule has 0 bridgehead atoms. The van der Waals surface area contributed by atoms with Crippen LogP contribution in [0, 0.1) is 10.5 Å². The van der Waals surface area contributed by atoms with Gasteiger partial charge in [0.05, 0.1) is 28.7 Å². The van der Waals surface area contributed by atoms with Crippen LogP contribution in [0.25, 0.3) is 11.4 Å². The number of anilines is 1. The summed E-state index contributed by atoms with van der Waals surface area (Å²) in [7, 11) is 5.01. The van der Waals surface area contributed by atoms with Gasteiger partial charge in [-0.25, -0.2) is 14.6 Å². The van der Waals surface area contributed by atoms with Crippen molar-refractivity contribution in [3.63, 3.8) is 0 Å². The number of nitrogens with zero attached hydrogens (tertiary/aromatic N) is 4. The van der Waals surface area contributed by atoms with Crippen molar-refractivity contribution in [3.8, 4) is 17.3 Å². The van der Waals surface area contributed by atoms with Crippen LogP contribution in [0.5, 0.6) is 5.88 Å². The maximum absolute atomic E-state index is 5.96. The Hall–Kier alpha value is -1.42. The molecule has 0 aliphatic heterocycles. The first-order valence-electron chi connectivity index (χ1n) is 5.88. The zero-order chi connectivity index (χ0) is 14.9. The van der Waals surface area contributed by atoms with E-state index in [-0.39, 0.29) is 0 Å². The molecule has 0 amide bonds. The lowest BCUT2D eigenvalue weighted by atomic mass is 10.2. The van der Waals surface area contributed by atoms with Gasteiger partial charge in [0.2, 0.25) is 5.88 Å². The standard InChI is InChI=1S/C12H16IN5O2/c1-6-8(12(20-4)18(2)17-6)11-15-7(5-19-3)9(13)10(14)16-11/h5H2,1-4H3,(H2,14,15,16). The van der Waals surface area contributed by atoms with E-state index >= 15 is 0 Å². The predicted octanol–water partition coefficient (Wildman–Crippen LogP) is 1.53. The van der Waals surface area contributed by atoms with Crippen molar-refractivity contribution >= 4 is 28.4 Å². The zero-order valence-electron chi connectivity index (χ0n) is 11.8. The molecule has 0 unspecified atom stereocenters. The second-order valence-corrected chi connectivity index (χ2v) is 5.30. The van der Waals surface area contributed by atoms with E-state index in [2.05, 4.69) is 37.7 Å². The van der Waals surface area contributed by atoms with Crippen LogP contribution in [-0.2, 0) is 18.4 Å². The molecule has 2 aromatic heterocycles. The fourth-order valence-corrected chi connectivity index (χ4v) is 2.38. The molecule has 8 heteroatoms. The van der Waals surface area contributed by atoms with Crippen LogP contribution >= 0.6 is 22.6 Å². The molecular formula is C12H16IN5O2. The third kappa shape index (κ3) is 2.57. The Kier molecular flexibility index (Phi) is 4.43. The number of halogens is 1. The summed E-state index contributed by atoms with van der Waals surface area (Å²) >= 11 is 2.11. The molecule has 0 fully saturated rings. The summed E-state index contributed by atoms with van der Waals surface area (Å²) in [6.07, 6.45) is 0. The van der Waals surface area contributed by atoms with Crippen LogP contribution in [0.15, 0.2) is 0 Å². The van der Waals surface area contributed by atoms with Gasteiger partial charge in [0.25, 0.3) is 0 Å². The highest BCUT2D eigenvalue weighted by molar-refractivity contribution is 14.1. The van der Waals surface area contributed by atoms with E-state index < -0.39 is 0 Å². The fraction of sp³-hybridized carbons (Fsp3) is 0.417. The molecular weight excluding hydrogens is 373 g/mol. The highest BCUT2D eigenvalue weighted by Crippen LogP contribution is 2.32. The quantitative estimate of drug-likeness (QED) is 0.798. The van der Waals surface area contributed by atoms with E-state index in [9.17, 15) is 0 Å². The van der Waals surface area contributed by atoms with Crippen molar-refractivity contribution in [2.75, 3.05) is 20.0 Å². The molecule has 20 heavy (non-hydrogen) atoms. The Morgan fingerprint density at radius 3 is 2.60 bits per heavy atom. The topological polar surface area (TPSA) is 88.1 Å². The van der Waals surface area contributed by atoms with Gasteiger partial charge < -0.3 is 15.2 Å². The van der Waals surface area contributed by atoms with Crippen LogP contribution in [0.3, 0.4) is 0 Å². The average molecular weight is 389 g/mol. The highest BCUT2D eigenvalue weighted by atomic mass is 127. The first kappa shape index (κ1) is 15.0. The van der Waals surface area contributed by atoms with Crippen molar-refractivity contribution in [2.45, 2.75) is 13.5 Å². The second-order valence-electron chi connectivity index (χ2n) is 4.22. The lowest BCUT2D eigenvalue weighted by Gasteiger charge is -2.09. The molecule has 0 saturated carbocycles. The summed E-state index contributed by atoms with van der Waals surface area (Å²) < 4.78 is 13.0. The maximum Gasteiger partial charge on any atom is 0.222 e. The van der Waals surface area contributed by atoms with Crippen LogP contribution in [-0.4, -0.2) is 34.0 Å². The Labute approximate surface area is 130 Å². The van der Waals surface area contributed by atoms with E-state index in [1.54, 1.807) is 25.9 Å². The molecule has 0 aromatic carbocycles. The number of methoxy groups -OCH3 is 2. The molecule has 2 aromatic rings. The maximum atomic E-state index is 5.96. The minimum Gasteiger partial charge on any atom is -0.481 e. The van der Waals surface area contributed by atoms with Gasteiger partial charge in [-0.15, -0.1) is 0 Å². The summed E-state index contributed by atoms with van der Waals surface area (Å²) in [5.41, 5.74) is 8.24. The molecule has 0 radical (unpaired) electrons. The number of aromatic nitrogens is 4. The number of hydrogen-bond donors (Lipinski definition) is 1. The van der Waals surface area contributed by atoms with E-state index in [0.717, 1.165) is 20.5 Å². The molecule has 108 valence electrons. The summed E-state index contributed by atoms with van der Waals surface area (Å²) in [5, 5.41) is 4.32. The normalized spacial score (nSPS) is 10.8. The van der Waals surface area contributed by atoms with E-state index in [0.29, 0.717) is 24.1 Å². The summed E-state index contributed by atoms with van der Waals surface area (Å²) in [4.78, 5) is 8.86. The molecule has 0 spiro atoms. The molecule has 0 aliphatic carbocycles. The van der Waals surface area contributed by atoms with Gasteiger partial charge in [0.1, 0.15) is 11.4 Å². The number of aryl methyl sites for hydroxylation is 2. The smallest absolute Gasteiger partial charge is 0.222 e. The summed E-state index contributed by atoms with van der Waals surface area (Å²) in [6, 6.07) is 0. The summed E-state index contributed by atoms with van der Waals surface area (Å²) in [6.45, 7) is 2.25. The molecule has 7 nitrogen and oxygen atoms in total. The third-order valence-electron chi connectivity index (χ3n) is 2.81. The number of nitrogen functional groups attached to an aromatic ring is 1. The van der Waals surface area contributed by atoms with Crippen molar-refractivity contribution in [3.05, 3.63) is 15.0 Å². The van der Waals surface area contributed by atoms with Gasteiger partial charge in [-0.1, -0.05) is 0 Å². The number of hydrogen-bond acceptors (Lipinski definition) is 6. The Balaban J connectivity index is 2.64. The molecule has 0 atom stereocenters. The first-order chi connectivity index (χ1) is 9.49. The van der Waals surface area contributed by atoms with Gasteiger partial charge in [-0.2, -0.15) is 5.10 Å². The molecule has 2 rings (SSSR count). The Bertz CT molecular complexity index is 641. The Morgan fingerprint density at radius 2 is 2.00 bits per heavy atom. The molecule has 2 heterocycles. The lowest BCUT2D eigenvalue weighted by molar-refractivity contribution is 0.181. The predicted molar refractivity (Wildman–Crippen MR) is 83.4 cm³/mol. The van der Waals surface area contributed by atoms with Gasteiger partial charge in [0.15, 0.2) is 5.82 Å². The third-order valence-corrected chi connectivity index (χ3v) is 3.99. The van der Waals surface area contributed by atoms with Crippen molar-refractivity contribution in [1.29, 1.82) is 0 Å². The average Bonchev–Trinajstić information content (AvgIpc) is 2.69. The number of ether oxygens (including phenoxy) is 2. The minimum atomic E-state index is 0.375. The van der Waals surface area contributed by atoms with Crippen LogP contribution in [0.4, 0.5) is 5.82 Å². The monoisotopic (exact) mass is 389 g/mol. The lowest BCUT2D eigenvalue weighted by Crippen LogP contribution is -2.06.